The number of nitrogens with two attached hydrogens (primary N) is 1. The third-order valence-electron chi connectivity index (χ3n) is 1.03. The maximum absolute atomic E-state index is 10.6. The number of hydrogen-bond donors (Lipinski definition) is 4. The third kappa shape index (κ3) is 5.90. The Morgan fingerprint density at radius 1 is 1.67 bits per heavy atom. The summed E-state index contributed by atoms with van der Waals surface area (Å²) in [4.78, 5) is 10.6. The summed E-state index contributed by atoms with van der Waals surface area (Å²) in [5.41, 5.74) is 5.10. The van der Waals surface area contributed by atoms with Gasteiger partial charge in [-0.15, -0.1) is 0 Å². The van der Waals surface area contributed by atoms with E-state index in [1.54, 1.807) is 0 Å². The molecular weight excluding hydrogens is 164 g/mol. The highest BCUT2D eigenvalue weighted by Crippen LogP contribution is 1.83. The van der Waals surface area contributed by atoms with E-state index in [1.165, 1.54) is 0 Å². The molecule has 0 fully saturated rings. The normalized spacial score (nSPS) is 12.2. The van der Waals surface area contributed by atoms with Gasteiger partial charge in [-0.25, -0.2) is 4.79 Å². The van der Waals surface area contributed by atoms with Crippen molar-refractivity contribution < 1.29 is 19.7 Å². The molecule has 12 heavy (non-hydrogen) atoms. The number of aliphatic hydroxyl groups is 2. The minimum atomic E-state index is -1.02. The van der Waals surface area contributed by atoms with Crippen LogP contribution in [0.2, 0.25) is 0 Å². The van der Waals surface area contributed by atoms with E-state index in [4.69, 9.17) is 15.9 Å². The molecule has 0 unspecified atom stereocenters. The predicted octanol–water partition coefficient (Wildman–Crippen LogP) is -1.98. The molecule has 5 N–H and O–H groups in total. The number of amides is 1. The number of aliphatic hydroxyl groups excluding tert-OH is 2. The Balaban J connectivity index is 3.31. The van der Waals surface area contributed by atoms with Crippen LogP contribution < -0.4 is 11.1 Å². The fourth-order valence-electron chi connectivity index (χ4n) is 0.450. The highest BCUT2D eigenvalue weighted by atomic mass is 16.6. The molecule has 6 nitrogen and oxygen atoms in total. The first-order valence-electron chi connectivity index (χ1n) is 3.60. The van der Waals surface area contributed by atoms with Crippen LogP contribution >= 0.6 is 0 Å². The minimum Gasteiger partial charge on any atom is -0.447 e. The molecule has 72 valence electrons. The van der Waals surface area contributed by atoms with Crippen LogP contribution in [0, 0.1) is 0 Å². The zero-order valence-electron chi connectivity index (χ0n) is 6.69. The molecule has 0 saturated carbocycles. The molecule has 0 aliphatic heterocycles. The molecule has 0 heterocycles. The lowest BCUT2D eigenvalue weighted by Gasteiger charge is -2.08. The Morgan fingerprint density at radius 3 is 2.83 bits per heavy atom. The maximum Gasteiger partial charge on any atom is 0.407 e. The Morgan fingerprint density at radius 2 is 2.33 bits per heavy atom. The average Bonchev–Trinajstić information content (AvgIpc) is 2.10. The molecular formula is C6H14N2O4. The van der Waals surface area contributed by atoms with Crippen molar-refractivity contribution in [3.05, 3.63) is 0 Å². The second kappa shape index (κ2) is 6.84. The Hall–Kier alpha value is -0.850. The number of rotatable bonds is 5. The monoisotopic (exact) mass is 178 g/mol. The quantitative estimate of drug-likeness (QED) is 0.390. The standard InChI is InChI=1S/C6H14N2O4/c7-1-2-8-6(11)12-4-5(10)3-9/h5,9-10H,1-4,7H2,(H,8,11)/t5-/m1/s1. The van der Waals surface area contributed by atoms with E-state index in [0.717, 1.165) is 0 Å². The van der Waals surface area contributed by atoms with Crippen molar-refractivity contribution in [2.75, 3.05) is 26.3 Å². The van der Waals surface area contributed by atoms with Gasteiger partial charge in [0.05, 0.1) is 6.61 Å². The van der Waals surface area contributed by atoms with Crippen molar-refractivity contribution in [1.82, 2.24) is 5.32 Å². The summed E-state index contributed by atoms with van der Waals surface area (Å²) in [6, 6.07) is 0. The van der Waals surface area contributed by atoms with Crippen LogP contribution in [0.4, 0.5) is 4.79 Å². The van der Waals surface area contributed by atoms with Gasteiger partial charge in [-0.2, -0.15) is 0 Å². The summed E-state index contributed by atoms with van der Waals surface area (Å²) >= 11 is 0. The van der Waals surface area contributed by atoms with Crippen molar-refractivity contribution in [1.29, 1.82) is 0 Å². The second-order valence-corrected chi connectivity index (χ2v) is 2.15. The number of nitrogens with one attached hydrogen (secondary N) is 1. The van der Waals surface area contributed by atoms with Crippen LogP contribution in [0.3, 0.4) is 0 Å². The smallest absolute Gasteiger partial charge is 0.407 e. The largest absolute Gasteiger partial charge is 0.447 e. The molecule has 0 bridgehead atoms. The summed E-state index contributed by atoms with van der Waals surface area (Å²) in [5.74, 6) is 0. The fourth-order valence-corrected chi connectivity index (χ4v) is 0.450. The average molecular weight is 178 g/mol. The Bertz CT molecular complexity index is 131. The third-order valence-corrected chi connectivity index (χ3v) is 1.03. The van der Waals surface area contributed by atoms with E-state index < -0.39 is 18.8 Å². The van der Waals surface area contributed by atoms with Crippen LogP contribution in [-0.2, 0) is 4.74 Å². The first-order chi connectivity index (χ1) is 5.70. The van der Waals surface area contributed by atoms with Crippen LogP contribution in [-0.4, -0.2) is 48.7 Å². The van der Waals surface area contributed by atoms with Gasteiger partial charge in [-0.05, 0) is 0 Å². The van der Waals surface area contributed by atoms with Gasteiger partial charge in [0.25, 0.3) is 0 Å². The Labute approximate surface area is 70.3 Å². The van der Waals surface area contributed by atoms with Gasteiger partial charge in [0.15, 0.2) is 0 Å². The summed E-state index contributed by atoms with van der Waals surface area (Å²) in [5, 5.41) is 19.4. The lowest BCUT2D eigenvalue weighted by Crippen LogP contribution is -2.32. The molecule has 1 amide bonds. The van der Waals surface area contributed by atoms with Crippen LogP contribution in [0.5, 0.6) is 0 Å². The highest BCUT2D eigenvalue weighted by molar-refractivity contribution is 5.67. The topological polar surface area (TPSA) is 105 Å². The van der Waals surface area contributed by atoms with Crippen molar-refractivity contribution >= 4 is 6.09 Å². The molecule has 1 atom stereocenters. The van der Waals surface area contributed by atoms with Gasteiger partial charge in [0.1, 0.15) is 12.7 Å². The van der Waals surface area contributed by atoms with Crippen molar-refractivity contribution in [3.63, 3.8) is 0 Å². The zero-order chi connectivity index (χ0) is 9.40. The van der Waals surface area contributed by atoms with Crippen LogP contribution in [0.15, 0.2) is 0 Å². The van der Waals surface area contributed by atoms with Crippen LogP contribution in [0.1, 0.15) is 0 Å². The first-order valence-corrected chi connectivity index (χ1v) is 3.60. The van der Waals surface area contributed by atoms with Crippen LogP contribution in [0.25, 0.3) is 0 Å². The van der Waals surface area contributed by atoms with Crippen molar-refractivity contribution in [2.24, 2.45) is 5.73 Å². The number of carbonyl (C=O) groups is 1. The number of ether oxygens (including phenoxy) is 1. The molecule has 0 radical (unpaired) electrons. The highest BCUT2D eigenvalue weighted by Gasteiger charge is 2.05. The molecule has 0 aromatic rings. The van der Waals surface area contributed by atoms with E-state index in [0.29, 0.717) is 13.1 Å². The van der Waals surface area contributed by atoms with E-state index in [-0.39, 0.29) is 6.61 Å². The second-order valence-electron chi connectivity index (χ2n) is 2.15. The number of alkyl carbamates (subject to hydrolysis) is 1. The van der Waals surface area contributed by atoms with Crippen molar-refractivity contribution in [2.45, 2.75) is 6.10 Å². The lowest BCUT2D eigenvalue weighted by molar-refractivity contribution is 0.0322. The lowest BCUT2D eigenvalue weighted by atomic mass is 10.4. The molecule has 6 heteroatoms. The van der Waals surface area contributed by atoms with Gasteiger partial charge >= 0.3 is 6.09 Å². The summed E-state index contributed by atoms with van der Waals surface area (Å²) < 4.78 is 4.48. The molecule has 0 aromatic carbocycles. The molecule has 0 aromatic heterocycles. The summed E-state index contributed by atoms with van der Waals surface area (Å²) in [6.45, 7) is 0.0166. The van der Waals surface area contributed by atoms with E-state index >= 15 is 0 Å². The molecule has 0 aliphatic carbocycles. The van der Waals surface area contributed by atoms with Gasteiger partial charge in [0, 0.05) is 13.1 Å². The number of hydrogen-bond acceptors (Lipinski definition) is 5. The molecule has 0 rings (SSSR count). The van der Waals surface area contributed by atoms with Gasteiger partial charge in [0.2, 0.25) is 0 Å². The van der Waals surface area contributed by atoms with Crippen molar-refractivity contribution in [3.8, 4) is 0 Å². The molecule has 0 aliphatic rings. The SMILES string of the molecule is NCCNC(=O)OC[C@H](O)CO. The predicted molar refractivity (Wildman–Crippen MR) is 41.5 cm³/mol. The maximum atomic E-state index is 10.6. The van der Waals surface area contributed by atoms with Gasteiger partial charge < -0.3 is 26.0 Å². The van der Waals surface area contributed by atoms with E-state index in [9.17, 15) is 4.79 Å². The summed E-state index contributed by atoms with van der Waals surface area (Å²) in [6.07, 6.45) is -1.67. The van der Waals surface area contributed by atoms with Gasteiger partial charge in [-0.1, -0.05) is 0 Å². The Kier molecular flexibility index (Phi) is 6.35. The first kappa shape index (κ1) is 11.2. The summed E-state index contributed by atoms with van der Waals surface area (Å²) in [7, 11) is 0. The van der Waals surface area contributed by atoms with E-state index in [2.05, 4.69) is 10.1 Å². The zero-order valence-corrected chi connectivity index (χ0v) is 6.69. The molecule has 0 saturated heterocycles. The minimum absolute atomic E-state index is 0.215. The number of carbonyl (C=O) groups excluding carboxylic acids is 1. The molecule has 0 spiro atoms. The van der Waals surface area contributed by atoms with E-state index in [1.807, 2.05) is 0 Å². The van der Waals surface area contributed by atoms with Gasteiger partial charge in [-0.3, -0.25) is 0 Å². The fraction of sp³-hybridized carbons (Fsp3) is 0.833.